The lowest BCUT2D eigenvalue weighted by molar-refractivity contribution is 0.0455. The molecule has 0 spiro atoms. The summed E-state index contributed by atoms with van der Waals surface area (Å²) in [6.45, 7) is 13.4. The average molecular weight is 350 g/mol. The molecule has 0 unspecified atom stereocenters. The first-order chi connectivity index (χ1) is 12.0. The van der Waals surface area contributed by atoms with Crippen LogP contribution in [-0.2, 0) is 6.54 Å². The van der Waals surface area contributed by atoms with Crippen LogP contribution in [0.5, 0.6) is 0 Å². The fourth-order valence-electron chi connectivity index (χ4n) is 4.34. The molecule has 25 heavy (non-hydrogen) atoms. The van der Waals surface area contributed by atoms with Crippen molar-refractivity contribution in [3.8, 4) is 0 Å². The highest BCUT2D eigenvalue weighted by atomic mass is 16.3. The van der Waals surface area contributed by atoms with Crippen LogP contribution in [0.15, 0.2) is 0 Å². The second kappa shape index (κ2) is 8.60. The summed E-state index contributed by atoms with van der Waals surface area (Å²) in [6.07, 6.45) is 4.77. The molecule has 0 radical (unpaired) electrons. The minimum Gasteiger partial charge on any atom is -0.390 e. The summed E-state index contributed by atoms with van der Waals surface area (Å²) in [4.78, 5) is 9.29. The first-order valence-corrected chi connectivity index (χ1v) is 10.0. The lowest BCUT2D eigenvalue weighted by Gasteiger charge is -2.36. The maximum Gasteiger partial charge on any atom is 0.147 e. The van der Waals surface area contributed by atoms with E-state index < -0.39 is 0 Å². The number of hydrogen-bond acceptors (Lipinski definition) is 5. The van der Waals surface area contributed by atoms with Crippen LogP contribution in [0.4, 0.5) is 0 Å². The predicted molar refractivity (Wildman–Crippen MR) is 99.5 cm³/mol. The molecule has 2 aliphatic heterocycles. The van der Waals surface area contributed by atoms with E-state index in [1.165, 1.54) is 25.7 Å². The van der Waals surface area contributed by atoms with Gasteiger partial charge in [-0.1, -0.05) is 6.92 Å². The molecule has 3 heterocycles. The number of aryl methyl sites for hydroxylation is 2. The Morgan fingerprint density at radius 1 is 1.08 bits per heavy atom. The molecular formula is C19H35N5O. The van der Waals surface area contributed by atoms with E-state index in [0.717, 1.165) is 63.4 Å². The maximum absolute atomic E-state index is 10.5. The molecule has 142 valence electrons. The van der Waals surface area contributed by atoms with Gasteiger partial charge in [-0.15, -0.1) is 0 Å². The van der Waals surface area contributed by atoms with E-state index >= 15 is 0 Å². The van der Waals surface area contributed by atoms with Crippen molar-refractivity contribution >= 4 is 0 Å². The number of likely N-dealkylation sites (tertiary alicyclic amines) is 2. The van der Waals surface area contributed by atoms with Gasteiger partial charge in [0.25, 0.3) is 0 Å². The molecule has 0 aliphatic carbocycles. The SMILES string of the molecule is Cc1nc(C)n(C[C@@H]2CCCN(C[C@H](O)CN3CCC(C)CC3)C2)n1. The van der Waals surface area contributed by atoms with Crippen LogP contribution in [0, 0.1) is 25.7 Å². The molecular weight excluding hydrogens is 314 g/mol. The molecule has 3 rings (SSSR count). The van der Waals surface area contributed by atoms with Crippen LogP contribution < -0.4 is 0 Å². The highest BCUT2D eigenvalue weighted by molar-refractivity contribution is 4.88. The van der Waals surface area contributed by atoms with E-state index in [-0.39, 0.29) is 6.10 Å². The number of piperidine rings is 2. The molecule has 2 saturated heterocycles. The van der Waals surface area contributed by atoms with Gasteiger partial charge in [-0.3, -0.25) is 0 Å². The quantitative estimate of drug-likeness (QED) is 0.847. The second-order valence-electron chi connectivity index (χ2n) is 8.29. The minimum absolute atomic E-state index is 0.234. The van der Waals surface area contributed by atoms with Crippen LogP contribution in [0.3, 0.4) is 0 Å². The first-order valence-electron chi connectivity index (χ1n) is 10.0. The standard InChI is InChI=1S/C19H35N5O/c1-15-6-9-22(10-7-15)13-19(25)14-23-8-4-5-18(11-23)12-24-17(3)20-16(2)21-24/h15,18-19,25H,4-14H2,1-3H3/t18-,19-/m1/s1. The van der Waals surface area contributed by atoms with Gasteiger partial charge in [-0.05, 0) is 71.0 Å². The van der Waals surface area contributed by atoms with Crippen molar-refractivity contribution in [1.29, 1.82) is 0 Å². The number of nitrogens with zero attached hydrogens (tertiary/aromatic N) is 5. The summed E-state index contributed by atoms with van der Waals surface area (Å²) in [5.41, 5.74) is 0. The fourth-order valence-corrected chi connectivity index (χ4v) is 4.34. The van der Waals surface area contributed by atoms with Gasteiger partial charge in [-0.25, -0.2) is 9.67 Å². The summed E-state index contributed by atoms with van der Waals surface area (Å²) in [7, 11) is 0. The zero-order valence-corrected chi connectivity index (χ0v) is 16.2. The average Bonchev–Trinajstić information content (AvgIpc) is 2.87. The van der Waals surface area contributed by atoms with Crippen molar-refractivity contribution in [1.82, 2.24) is 24.6 Å². The normalized spacial score (nSPS) is 25.4. The summed E-state index contributed by atoms with van der Waals surface area (Å²) >= 11 is 0. The third kappa shape index (κ3) is 5.50. The molecule has 6 heteroatoms. The molecule has 1 N–H and O–H groups in total. The lowest BCUT2D eigenvalue weighted by Crippen LogP contribution is -2.46. The Balaban J connectivity index is 1.44. The summed E-state index contributed by atoms with van der Waals surface area (Å²) in [5, 5.41) is 15.0. The minimum atomic E-state index is -0.234. The van der Waals surface area contributed by atoms with Crippen molar-refractivity contribution in [3.63, 3.8) is 0 Å². The second-order valence-corrected chi connectivity index (χ2v) is 8.29. The predicted octanol–water partition coefficient (Wildman–Crippen LogP) is 1.70. The van der Waals surface area contributed by atoms with Gasteiger partial charge in [0.1, 0.15) is 11.6 Å². The lowest BCUT2D eigenvalue weighted by atomic mass is 9.97. The van der Waals surface area contributed by atoms with Crippen LogP contribution >= 0.6 is 0 Å². The summed E-state index contributed by atoms with van der Waals surface area (Å²) in [5.74, 6) is 3.32. The number of aliphatic hydroxyl groups is 1. The Labute approximate surface area is 152 Å². The van der Waals surface area contributed by atoms with E-state index in [1.807, 2.05) is 13.8 Å². The highest BCUT2D eigenvalue weighted by Crippen LogP contribution is 2.20. The highest BCUT2D eigenvalue weighted by Gasteiger charge is 2.24. The monoisotopic (exact) mass is 349 g/mol. The molecule has 0 saturated carbocycles. The first kappa shape index (κ1) is 18.8. The van der Waals surface area contributed by atoms with Gasteiger partial charge in [0.15, 0.2) is 0 Å². The largest absolute Gasteiger partial charge is 0.390 e. The van der Waals surface area contributed by atoms with Gasteiger partial charge in [0.05, 0.1) is 6.10 Å². The van der Waals surface area contributed by atoms with Crippen LogP contribution in [0.25, 0.3) is 0 Å². The van der Waals surface area contributed by atoms with Gasteiger partial charge >= 0.3 is 0 Å². The number of aromatic nitrogens is 3. The topological polar surface area (TPSA) is 57.4 Å². The smallest absolute Gasteiger partial charge is 0.147 e. The summed E-state index contributed by atoms with van der Waals surface area (Å²) in [6, 6.07) is 0. The van der Waals surface area contributed by atoms with Crippen molar-refractivity contribution in [2.45, 2.75) is 59.1 Å². The zero-order valence-electron chi connectivity index (χ0n) is 16.2. The van der Waals surface area contributed by atoms with Gasteiger partial charge < -0.3 is 14.9 Å². The number of hydrogen-bond donors (Lipinski definition) is 1. The number of aliphatic hydroxyl groups excluding tert-OH is 1. The van der Waals surface area contributed by atoms with Crippen LogP contribution in [-0.4, -0.2) is 75.0 Å². The molecule has 0 bridgehead atoms. The fraction of sp³-hybridized carbons (Fsp3) is 0.895. The molecule has 1 aromatic rings. The molecule has 2 aliphatic rings. The van der Waals surface area contributed by atoms with E-state index in [0.29, 0.717) is 5.92 Å². The van der Waals surface area contributed by atoms with Crippen LogP contribution in [0.2, 0.25) is 0 Å². The Hall–Kier alpha value is -0.980. The van der Waals surface area contributed by atoms with E-state index in [4.69, 9.17) is 0 Å². The maximum atomic E-state index is 10.5. The number of β-amino-alcohol motifs (C(OH)–C–C–N with tert-alkyl or cyclic N) is 1. The van der Waals surface area contributed by atoms with Gasteiger partial charge in [0, 0.05) is 26.2 Å². The molecule has 0 aromatic carbocycles. The van der Waals surface area contributed by atoms with Crippen molar-refractivity contribution < 1.29 is 5.11 Å². The van der Waals surface area contributed by atoms with Gasteiger partial charge in [-0.2, -0.15) is 5.10 Å². The van der Waals surface area contributed by atoms with Crippen LogP contribution in [0.1, 0.15) is 44.3 Å². The molecule has 2 atom stereocenters. The Bertz CT molecular complexity index is 538. The third-order valence-electron chi connectivity index (χ3n) is 5.81. The summed E-state index contributed by atoms with van der Waals surface area (Å²) < 4.78 is 2.05. The van der Waals surface area contributed by atoms with E-state index in [1.54, 1.807) is 0 Å². The van der Waals surface area contributed by atoms with E-state index in [2.05, 4.69) is 31.5 Å². The Morgan fingerprint density at radius 3 is 2.48 bits per heavy atom. The van der Waals surface area contributed by atoms with Crippen molar-refractivity contribution in [2.24, 2.45) is 11.8 Å². The molecule has 0 amide bonds. The van der Waals surface area contributed by atoms with Crippen molar-refractivity contribution in [3.05, 3.63) is 11.6 Å². The van der Waals surface area contributed by atoms with E-state index in [9.17, 15) is 5.11 Å². The number of rotatable bonds is 6. The molecule has 1 aromatic heterocycles. The Morgan fingerprint density at radius 2 is 1.80 bits per heavy atom. The zero-order chi connectivity index (χ0) is 17.8. The van der Waals surface area contributed by atoms with Crippen molar-refractivity contribution in [2.75, 3.05) is 39.3 Å². The Kier molecular flexibility index (Phi) is 6.47. The van der Waals surface area contributed by atoms with Gasteiger partial charge in [0.2, 0.25) is 0 Å². The molecule has 2 fully saturated rings. The molecule has 6 nitrogen and oxygen atoms in total. The third-order valence-corrected chi connectivity index (χ3v) is 5.81.